The molecule has 0 aliphatic carbocycles. The van der Waals surface area contributed by atoms with Crippen LogP contribution in [0.25, 0.3) is 11.3 Å². The van der Waals surface area contributed by atoms with Crippen LogP contribution in [-0.4, -0.2) is 41.9 Å². The molecule has 0 fully saturated rings. The van der Waals surface area contributed by atoms with Crippen molar-refractivity contribution >= 4 is 21.1 Å². The molecular formula is C19H29N3O6P2. The van der Waals surface area contributed by atoms with E-state index >= 15 is 0 Å². The molecule has 0 unspecified atom stereocenters. The number of hydrogen-bond donors (Lipinski definition) is 1. The Morgan fingerprint density at radius 2 is 1.33 bits per heavy atom. The minimum absolute atomic E-state index is 0.0820. The molecule has 166 valence electrons. The van der Waals surface area contributed by atoms with E-state index < -0.39 is 20.7 Å². The van der Waals surface area contributed by atoms with Crippen molar-refractivity contribution < 1.29 is 27.2 Å². The predicted molar refractivity (Wildman–Crippen MR) is 117 cm³/mol. The van der Waals surface area contributed by atoms with E-state index in [1.165, 1.54) is 0 Å². The molecule has 0 atom stereocenters. The summed E-state index contributed by atoms with van der Waals surface area (Å²) < 4.78 is 48.9. The Bertz CT molecular complexity index is 834. The maximum absolute atomic E-state index is 13.6. The van der Waals surface area contributed by atoms with Crippen LogP contribution in [0.4, 0.5) is 5.95 Å². The Labute approximate surface area is 177 Å². The minimum atomic E-state index is -3.97. The number of nitrogens with one attached hydrogen (secondary N) is 1. The lowest BCUT2D eigenvalue weighted by Gasteiger charge is -2.31. The molecule has 1 heterocycles. The van der Waals surface area contributed by atoms with Crippen LogP contribution in [0.1, 0.15) is 27.7 Å². The van der Waals surface area contributed by atoms with Crippen molar-refractivity contribution in [2.45, 2.75) is 33.2 Å². The highest BCUT2D eigenvalue weighted by Crippen LogP contribution is 2.69. The minimum Gasteiger partial charge on any atom is -0.330 e. The van der Waals surface area contributed by atoms with Gasteiger partial charge in [-0.2, -0.15) is 0 Å². The average molecular weight is 457 g/mol. The van der Waals surface area contributed by atoms with Crippen molar-refractivity contribution in [2.75, 3.05) is 31.7 Å². The van der Waals surface area contributed by atoms with Gasteiger partial charge in [-0.1, -0.05) is 30.3 Å². The fourth-order valence-electron chi connectivity index (χ4n) is 2.72. The third-order valence-electron chi connectivity index (χ3n) is 3.82. The molecule has 0 saturated heterocycles. The monoisotopic (exact) mass is 457 g/mol. The van der Waals surface area contributed by atoms with Gasteiger partial charge < -0.3 is 23.4 Å². The van der Waals surface area contributed by atoms with Gasteiger partial charge in [0.05, 0.1) is 32.1 Å². The fourth-order valence-corrected chi connectivity index (χ4v) is 7.61. The van der Waals surface area contributed by atoms with Gasteiger partial charge in [-0.3, -0.25) is 9.13 Å². The van der Waals surface area contributed by atoms with Crippen molar-refractivity contribution in [3.05, 3.63) is 42.6 Å². The molecule has 1 aromatic carbocycles. The summed E-state index contributed by atoms with van der Waals surface area (Å²) in [7, 11) is -7.93. The summed E-state index contributed by atoms with van der Waals surface area (Å²) in [6.07, 6.45) is 1.55. The van der Waals surface area contributed by atoms with E-state index in [2.05, 4.69) is 15.3 Å². The molecular weight excluding hydrogens is 428 g/mol. The van der Waals surface area contributed by atoms with Crippen LogP contribution in [0.2, 0.25) is 0 Å². The van der Waals surface area contributed by atoms with E-state index in [-0.39, 0.29) is 32.4 Å². The first-order chi connectivity index (χ1) is 14.4. The van der Waals surface area contributed by atoms with Crippen LogP contribution >= 0.6 is 15.2 Å². The third kappa shape index (κ3) is 6.20. The van der Waals surface area contributed by atoms with E-state index in [1.807, 2.05) is 30.3 Å². The number of anilines is 1. The maximum atomic E-state index is 13.6. The second kappa shape index (κ2) is 11.7. The van der Waals surface area contributed by atoms with Crippen LogP contribution < -0.4 is 5.32 Å². The Balaban J connectivity index is 2.49. The zero-order chi connectivity index (χ0) is 22.0. The lowest BCUT2D eigenvalue weighted by molar-refractivity contribution is 0.198. The van der Waals surface area contributed by atoms with Gasteiger partial charge in [-0.25, -0.2) is 9.97 Å². The van der Waals surface area contributed by atoms with Crippen LogP contribution in [0, 0.1) is 0 Å². The Morgan fingerprint density at radius 1 is 0.833 bits per heavy atom. The zero-order valence-electron chi connectivity index (χ0n) is 17.7. The van der Waals surface area contributed by atoms with Gasteiger partial charge in [0.25, 0.3) is 0 Å². The summed E-state index contributed by atoms with van der Waals surface area (Å²) in [5, 5.41) is 2.86. The molecule has 1 aromatic heterocycles. The summed E-state index contributed by atoms with van der Waals surface area (Å²) >= 11 is 0. The maximum Gasteiger partial charge on any atom is 0.365 e. The molecule has 2 rings (SSSR count). The van der Waals surface area contributed by atoms with E-state index in [1.54, 1.807) is 40.0 Å². The molecule has 1 N–H and O–H groups in total. The van der Waals surface area contributed by atoms with Gasteiger partial charge in [0.2, 0.25) is 11.5 Å². The van der Waals surface area contributed by atoms with Gasteiger partial charge in [0.15, 0.2) is 0 Å². The van der Waals surface area contributed by atoms with Gasteiger partial charge >= 0.3 is 15.2 Å². The van der Waals surface area contributed by atoms with E-state index in [0.29, 0.717) is 5.69 Å². The highest BCUT2D eigenvalue weighted by molar-refractivity contribution is 7.72. The smallest absolute Gasteiger partial charge is 0.330 e. The molecule has 0 bridgehead atoms. The van der Waals surface area contributed by atoms with Crippen molar-refractivity contribution in [2.24, 2.45) is 0 Å². The van der Waals surface area contributed by atoms with Crippen LogP contribution in [0.3, 0.4) is 0 Å². The van der Waals surface area contributed by atoms with E-state index in [9.17, 15) is 9.13 Å². The highest BCUT2D eigenvalue weighted by Gasteiger charge is 2.51. The van der Waals surface area contributed by atoms with Crippen LogP contribution in [0.5, 0.6) is 0 Å². The molecule has 11 heteroatoms. The first-order valence-electron chi connectivity index (χ1n) is 9.85. The largest absolute Gasteiger partial charge is 0.365 e. The molecule has 0 amide bonds. The molecule has 2 aromatic rings. The molecule has 9 nitrogen and oxygen atoms in total. The summed E-state index contributed by atoms with van der Waals surface area (Å²) in [5.74, 6) is 0.0978. The first kappa shape index (κ1) is 24.7. The Kier molecular flexibility index (Phi) is 9.62. The number of aromatic nitrogens is 2. The molecule has 30 heavy (non-hydrogen) atoms. The normalized spacial score (nSPS) is 12.3. The summed E-state index contributed by atoms with van der Waals surface area (Å²) in [6.45, 7) is 7.00. The van der Waals surface area contributed by atoms with Crippen LogP contribution in [0.15, 0.2) is 42.6 Å². The molecule has 0 radical (unpaired) electrons. The summed E-state index contributed by atoms with van der Waals surface area (Å²) in [4.78, 5) is 8.65. The van der Waals surface area contributed by atoms with Crippen LogP contribution in [-0.2, 0) is 27.2 Å². The summed E-state index contributed by atoms with van der Waals surface area (Å²) in [5.41, 5.74) is 0.0723. The number of hydrogen-bond acceptors (Lipinski definition) is 9. The zero-order valence-corrected chi connectivity index (χ0v) is 19.5. The molecule has 0 saturated carbocycles. The SMILES string of the molecule is CCOP(=O)(OCC)C(Nc1nccc(-c2ccccc2)n1)P(=O)(OCC)OCC. The Morgan fingerprint density at radius 3 is 1.80 bits per heavy atom. The molecule has 0 aliphatic rings. The molecule has 0 aliphatic heterocycles. The van der Waals surface area contributed by atoms with Crippen molar-refractivity contribution in [1.29, 1.82) is 0 Å². The predicted octanol–water partition coefficient (Wildman–Crippen LogP) is 5.37. The fraction of sp³-hybridized carbons (Fsp3) is 0.474. The van der Waals surface area contributed by atoms with Gasteiger partial charge in [0.1, 0.15) is 0 Å². The summed E-state index contributed by atoms with van der Waals surface area (Å²) in [6, 6.07) is 11.2. The molecule has 0 spiro atoms. The highest BCUT2D eigenvalue weighted by atomic mass is 31.2. The average Bonchev–Trinajstić information content (AvgIpc) is 2.73. The van der Waals surface area contributed by atoms with E-state index in [0.717, 1.165) is 5.56 Å². The van der Waals surface area contributed by atoms with Crippen molar-refractivity contribution in [1.82, 2.24) is 9.97 Å². The second-order valence-corrected chi connectivity index (χ2v) is 10.5. The van der Waals surface area contributed by atoms with E-state index in [4.69, 9.17) is 18.1 Å². The lowest BCUT2D eigenvalue weighted by Crippen LogP contribution is -2.26. The Hall–Kier alpha value is -1.60. The number of rotatable bonds is 13. The standard InChI is InChI=1S/C19H29N3O6P2/c1-5-25-29(23,26-6-2)19(30(24,27-7-3)28-8-4)22-18-20-15-14-17(21-18)16-12-10-9-11-13-16/h9-15,19H,5-8H2,1-4H3,(H,20,21,22). The lowest BCUT2D eigenvalue weighted by atomic mass is 10.1. The first-order valence-corrected chi connectivity index (χ1v) is 13.1. The van der Waals surface area contributed by atoms with Crippen molar-refractivity contribution in [3.63, 3.8) is 0 Å². The second-order valence-electron chi connectivity index (χ2n) is 5.90. The van der Waals surface area contributed by atoms with Crippen molar-refractivity contribution in [3.8, 4) is 11.3 Å². The number of nitrogens with zero attached hydrogens (tertiary/aromatic N) is 2. The van der Waals surface area contributed by atoms with Gasteiger partial charge in [-0.05, 0) is 33.8 Å². The van der Waals surface area contributed by atoms with Gasteiger partial charge in [0, 0.05) is 11.8 Å². The topological polar surface area (TPSA) is 109 Å². The van der Waals surface area contributed by atoms with Gasteiger partial charge in [-0.15, -0.1) is 0 Å². The number of benzene rings is 1. The third-order valence-corrected chi connectivity index (χ3v) is 9.44. The quantitative estimate of drug-likeness (QED) is 0.397.